The molecule has 1 fully saturated rings. The van der Waals surface area contributed by atoms with E-state index in [1.54, 1.807) is 12.5 Å². The number of aryl methyl sites for hydroxylation is 1. The fraction of sp³-hybridized carbons (Fsp3) is 0.562. The number of carbonyl (C=O) groups excluding carboxylic acids is 1. The zero-order valence-electron chi connectivity index (χ0n) is 13.1. The summed E-state index contributed by atoms with van der Waals surface area (Å²) < 4.78 is 7.39. The molecule has 2 aliphatic rings. The van der Waals surface area contributed by atoms with Crippen LogP contribution in [0.3, 0.4) is 0 Å². The summed E-state index contributed by atoms with van der Waals surface area (Å²) in [5.41, 5.74) is 1.08. The van der Waals surface area contributed by atoms with Crippen molar-refractivity contribution in [3.8, 4) is 0 Å². The monoisotopic (exact) mass is 315 g/mol. The Labute approximate surface area is 134 Å². The zero-order valence-corrected chi connectivity index (χ0v) is 13.1. The molecule has 122 valence electrons. The molecule has 0 bridgehead atoms. The molecule has 0 aromatic carbocycles. The topological polar surface area (TPSA) is 76.2 Å². The highest BCUT2D eigenvalue weighted by Gasteiger charge is 2.30. The molecular formula is C16H21N5O2. The third-order valence-electron chi connectivity index (χ3n) is 4.79. The number of hydrogen-bond donors (Lipinski definition) is 1. The van der Waals surface area contributed by atoms with Crippen molar-refractivity contribution < 1.29 is 9.32 Å². The molecule has 1 aliphatic carbocycles. The second-order valence-corrected chi connectivity index (χ2v) is 6.32. The number of hydrogen-bond acceptors (Lipinski definition) is 4. The Hall–Kier alpha value is -2.31. The average Bonchev–Trinajstić information content (AvgIpc) is 3.29. The Morgan fingerprint density at radius 3 is 3.13 bits per heavy atom. The number of amides is 2. The van der Waals surface area contributed by atoms with Gasteiger partial charge in [-0.25, -0.2) is 9.78 Å². The summed E-state index contributed by atoms with van der Waals surface area (Å²) in [6, 6.07) is 0.126. The number of nitrogens with one attached hydrogen (secondary N) is 1. The zero-order chi connectivity index (χ0) is 15.6. The summed E-state index contributed by atoms with van der Waals surface area (Å²) >= 11 is 0. The third kappa shape index (κ3) is 2.83. The van der Waals surface area contributed by atoms with Gasteiger partial charge in [0, 0.05) is 37.5 Å². The number of rotatable bonds is 3. The molecule has 0 radical (unpaired) electrons. The van der Waals surface area contributed by atoms with Gasteiger partial charge in [0.1, 0.15) is 5.76 Å². The van der Waals surface area contributed by atoms with Gasteiger partial charge in [0.2, 0.25) is 0 Å². The first-order chi connectivity index (χ1) is 11.3. The smallest absolute Gasteiger partial charge is 0.323 e. The summed E-state index contributed by atoms with van der Waals surface area (Å²) in [4.78, 5) is 18.6. The summed E-state index contributed by atoms with van der Waals surface area (Å²) in [5.74, 6) is 1.54. The Kier molecular flexibility index (Phi) is 3.77. The van der Waals surface area contributed by atoms with Gasteiger partial charge in [-0.15, -0.1) is 0 Å². The second-order valence-electron chi connectivity index (χ2n) is 6.32. The van der Waals surface area contributed by atoms with Gasteiger partial charge in [-0.05, 0) is 32.1 Å². The van der Waals surface area contributed by atoms with Crippen LogP contribution in [-0.4, -0.2) is 38.2 Å². The van der Waals surface area contributed by atoms with Gasteiger partial charge in [0.05, 0.1) is 12.4 Å². The molecule has 1 atom stereocenters. The van der Waals surface area contributed by atoms with E-state index in [9.17, 15) is 4.79 Å². The molecule has 4 rings (SSSR count). The Bertz CT molecular complexity index is 679. The van der Waals surface area contributed by atoms with Crippen molar-refractivity contribution in [3.05, 3.63) is 30.0 Å². The second kappa shape index (κ2) is 6.06. The highest BCUT2D eigenvalue weighted by Crippen LogP contribution is 2.28. The first-order valence-electron chi connectivity index (χ1n) is 8.32. The van der Waals surface area contributed by atoms with Crippen LogP contribution in [0.15, 0.2) is 23.2 Å². The normalized spacial score (nSPS) is 20.5. The summed E-state index contributed by atoms with van der Waals surface area (Å²) in [7, 11) is 0. The highest BCUT2D eigenvalue weighted by atomic mass is 16.5. The average molecular weight is 315 g/mol. The lowest BCUT2D eigenvalue weighted by atomic mass is 9.98. The maximum absolute atomic E-state index is 12.6. The standard InChI is InChI=1S/C16H21N5O2/c22-16(18-15-13-5-1-2-6-14(13)23-19-15)21-8-3-4-12(21)10-20-9-7-17-11-20/h7,9,11-12H,1-6,8,10H2,(H,18,19,22)/t12-/m1/s1. The van der Waals surface area contributed by atoms with Crippen LogP contribution in [0.1, 0.15) is 37.0 Å². The van der Waals surface area contributed by atoms with Crippen LogP contribution >= 0.6 is 0 Å². The predicted molar refractivity (Wildman–Crippen MR) is 84.1 cm³/mol. The van der Waals surface area contributed by atoms with Crippen LogP contribution in [0, 0.1) is 0 Å². The van der Waals surface area contributed by atoms with Crippen molar-refractivity contribution in [1.82, 2.24) is 19.6 Å². The van der Waals surface area contributed by atoms with Crippen LogP contribution in [0.2, 0.25) is 0 Å². The van der Waals surface area contributed by atoms with Gasteiger partial charge in [-0.3, -0.25) is 5.32 Å². The first kappa shape index (κ1) is 14.3. The maximum atomic E-state index is 12.6. The lowest BCUT2D eigenvalue weighted by Crippen LogP contribution is -2.40. The fourth-order valence-electron chi connectivity index (χ4n) is 3.59. The number of carbonyl (C=O) groups is 1. The summed E-state index contributed by atoms with van der Waals surface area (Å²) in [6.07, 6.45) is 11.7. The van der Waals surface area contributed by atoms with Gasteiger partial charge in [0.15, 0.2) is 5.82 Å². The molecular weight excluding hydrogens is 294 g/mol. The third-order valence-corrected chi connectivity index (χ3v) is 4.79. The van der Waals surface area contributed by atoms with E-state index >= 15 is 0 Å². The molecule has 2 aromatic heterocycles. The minimum absolute atomic E-state index is 0.0747. The SMILES string of the molecule is O=C(Nc1noc2c1CCCC2)N1CCC[C@@H]1Cn1ccnc1. The molecule has 7 nitrogen and oxygen atoms in total. The van der Waals surface area contributed by atoms with E-state index in [4.69, 9.17) is 4.52 Å². The molecule has 1 saturated heterocycles. The number of likely N-dealkylation sites (tertiary alicyclic amines) is 1. The Balaban J connectivity index is 1.44. The van der Waals surface area contributed by atoms with E-state index in [1.165, 1.54) is 0 Å². The van der Waals surface area contributed by atoms with Gasteiger partial charge in [0.25, 0.3) is 0 Å². The van der Waals surface area contributed by atoms with Crippen LogP contribution in [0.25, 0.3) is 0 Å². The van der Waals surface area contributed by atoms with E-state index < -0.39 is 0 Å². The van der Waals surface area contributed by atoms with E-state index in [2.05, 4.69) is 15.5 Å². The predicted octanol–water partition coefficient (Wildman–Crippen LogP) is 2.45. The first-order valence-corrected chi connectivity index (χ1v) is 8.32. The number of nitrogens with zero attached hydrogens (tertiary/aromatic N) is 4. The molecule has 1 N–H and O–H groups in total. The van der Waals surface area contributed by atoms with Crippen molar-refractivity contribution in [3.63, 3.8) is 0 Å². The van der Waals surface area contributed by atoms with Gasteiger partial charge in [-0.1, -0.05) is 5.16 Å². The van der Waals surface area contributed by atoms with Crippen LogP contribution in [0.4, 0.5) is 10.6 Å². The number of imidazole rings is 1. The van der Waals surface area contributed by atoms with Crippen molar-refractivity contribution in [1.29, 1.82) is 0 Å². The van der Waals surface area contributed by atoms with E-state index in [0.717, 1.165) is 62.9 Å². The van der Waals surface area contributed by atoms with Crippen molar-refractivity contribution in [2.45, 2.75) is 51.1 Å². The molecule has 0 unspecified atom stereocenters. The number of anilines is 1. The van der Waals surface area contributed by atoms with Crippen molar-refractivity contribution >= 4 is 11.8 Å². The molecule has 3 heterocycles. The summed E-state index contributed by atoms with van der Waals surface area (Å²) in [6.45, 7) is 1.57. The van der Waals surface area contributed by atoms with E-state index in [1.807, 2.05) is 15.7 Å². The quantitative estimate of drug-likeness (QED) is 0.944. The lowest BCUT2D eigenvalue weighted by molar-refractivity contribution is 0.201. The molecule has 2 amide bonds. The van der Waals surface area contributed by atoms with Gasteiger partial charge in [-0.2, -0.15) is 0 Å². The van der Waals surface area contributed by atoms with Crippen LogP contribution in [-0.2, 0) is 19.4 Å². The van der Waals surface area contributed by atoms with Crippen molar-refractivity contribution in [2.75, 3.05) is 11.9 Å². The molecule has 0 spiro atoms. The molecule has 2 aromatic rings. The summed E-state index contributed by atoms with van der Waals surface area (Å²) in [5, 5.41) is 7.02. The van der Waals surface area contributed by atoms with Gasteiger partial charge < -0.3 is 14.0 Å². The lowest BCUT2D eigenvalue weighted by Gasteiger charge is -2.25. The number of fused-ring (bicyclic) bond motifs is 1. The minimum Gasteiger partial charge on any atom is -0.359 e. The molecule has 1 aliphatic heterocycles. The van der Waals surface area contributed by atoms with E-state index in [0.29, 0.717) is 5.82 Å². The highest BCUT2D eigenvalue weighted by molar-refractivity contribution is 5.89. The Morgan fingerprint density at radius 1 is 1.35 bits per heavy atom. The van der Waals surface area contributed by atoms with Gasteiger partial charge >= 0.3 is 6.03 Å². The fourth-order valence-corrected chi connectivity index (χ4v) is 3.59. The molecule has 7 heteroatoms. The maximum Gasteiger partial charge on any atom is 0.323 e. The van der Waals surface area contributed by atoms with Crippen molar-refractivity contribution in [2.24, 2.45) is 0 Å². The number of aromatic nitrogens is 3. The molecule has 23 heavy (non-hydrogen) atoms. The van der Waals surface area contributed by atoms with Crippen LogP contribution < -0.4 is 5.32 Å². The minimum atomic E-state index is -0.0747. The number of urea groups is 1. The molecule has 0 saturated carbocycles. The Morgan fingerprint density at radius 2 is 2.26 bits per heavy atom. The van der Waals surface area contributed by atoms with E-state index in [-0.39, 0.29) is 12.1 Å². The van der Waals surface area contributed by atoms with Crippen LogP contribution in [0.5, 0.6) is 0 Å². The largest absolute Gasteiger partial charge is 0.359 e.